The number of hydrogen-bond donors (Lipinski definition) is 2. The quantitative estimate of drug-likeness (QED) is 0.403. The molecular formula is C19H17BrN4O5. The van der Waals surface area contributed by atoms with Gasteiger partial charge in [0.2, 0.25) is 5.91 Å². The van der Waals surface area contributed by atoms with E-state index >= 15 is 0 Å². The first-order chi connectivity index (χ1) is 13.6. The van der Waals surface area contributed by atoms with Crippen molar-refractivity contribution in [1.29, 1.82) is 0 Å². The fourth-order valence-electron chi connectivity index (χ4n) is 3.18. The number of benzene rings is 2. The van der Waals surface area contributed by atoms with Crippen LogP contribution in [-0.2, 0) is 15.1 Å². The number of nitro groups is 1. The van der Waals surface area contributed by atoms with Gasteiger partial charge in [-0.05, 0) is 26.0 Å². The zero-order valence-corrected chi connectivity index (χ0v) is 17.1. The summed E-state index contributed by atoms with van der Waals surface area (Å²) in [5.74, 6) is -1.21. The molecule has 0 radical (unpaired) electrons. The number of carbonyl (C=O) groups is 3. The highest BCUT2D eigenvalue weighted by atomic mass is 79.9. The topological polar surface area (TPSA) is 122 Å². The Labute approximate surface area is 174 Å². The molecule has 29 heavy (non-hydrogen) atoms. The van der Waals surface area contributed by atoms with E-state index in [9.17, 15) is 24.5 Å². The molecule has 10 heteroatoms. The summed E-state index contributed by atoms with van der Waals surface area (Å²) in [5, 5.41) is 16.2. The van der Waals surface area contributed by atoms with Gasteiger partial charge in [-0.1, -0.05) is 40.2 Å². The Bertz CT molecular complexity index is 1040. The Morgan fingerprint density at radius 3 is 2.59 bits per heavy atom. The van der Waals surface area contributed by atoms with E-state index in [0.29, 0.717) is 10.0 Å². The molecule has 0 aliphatic carbocycles. The zero-order valence-electron chi connectivity index (χ0n) is 15.6. The second-order valence-electron chi connectivity index (χ2n) is 6.68. The van der Waals surface area contributed by atoms with E-state index in [1.165, 1.54) is 25.1 Å². The van der Waals surface area contributed by atoms with Crippen molar-refractivity contribution in [3.63, 3.8) is 0 Å². The van der Waals surface area contributed by atoms with Crippen LogP contribution in [0.1, 0.15) is 18.1 Å². The van der Waals surface area contributed by atoms with Crippen molar-refractivity contribution in [2.24, 2.45) is 0 Å². The van der Waals surface area contributed by atoms with Gasteiger partial charge in [0.15, 0.2) is 0 Å². The molecule has 150 valence electrons. The van der Waals surface area contributed by atoms with E-state index in [-0.39, 0.29) is 16.9 Å². The zero-order chi connectivity index (χ0) is 21.3. The summed E-state index contributed by atoms with van der Waals surface area (Å²) in [6.45, 7) is 2.55. The summed E-state index contributed by atoms with van der Waals surface area (Å²) in [6, 6.07) is 10.6. The molecule has 4 amide bonds. The van der Waals surface area contributed by atoms with Crippen LogP contribution in [-0.4, -0.2) is 34.2 Å². The van der Waals surface area contributed by atoms with Crippen molar-refractivity contribution in [2.45, 2.75) is 19.4 Å². The highest BCUT2D eigenvalue weighted by Gasteiger charge is 2.50. The summed E-state index contributed by atoms with van der Waals surface area (Å²) in [5.41, 5.74) is -0.375. The summed E-state index contributed by atoms with van der Waals surface area (Å²) >= 11 is 3.37. The smallest absolute Gasteiger partial charge is 0.324 e. The lowest BCUT2D eigenvalue weighted by Gasteiger charge is -2.23. The molecule has 0 spiro atoms. The average Bonchev–Trinajstić information content (AvgIpc) is 2.87. The Morgan fingerprint density at radius 2 is 1.93 bits per heavy atom. The van der Waals surface area contributed by atoms with Crippen LogP contribution in [0.15, 0.2) is 46.9 Å². The average molecular weight is 461 g/mol. The van der Waals surface area contributed by atoms with E-state index in [1.807, 2.05) is 0 Å². The van der Waals surface area contributed by atoms with E-state index in [4.69, 9.17) is 0 Å². The highest BCUT2D eigenvalue weighted by molar-refractivity contribution is 9.10. The Morgan fingerprint density at radius 1 is 1.24 bits per heavy atom. The van der Waals surface area contributed by atoms with E-state index in [1.54, 1.807) is 31.2 Å². The predicted octanol–water partition coefficient (Wildman–Crippen LogP) is 3.07. The minimum Gasteiger partial charge on any atom is -0.324 e. The number of halogens is 1. The van der Waals surface area contributed by atoms with Gasteiger partial charge in [0, 0.05) is 16.1 Å². The van der Waals surface area contributed by atoms with Gasteiger partial charge in [0.25, 0.3) is 11.6 Å². The minimum atomic E-state index is -1.32. The van der Waals surface area contributed by atoms with Crippen LogP contribution >= 0.6 is 15.9 Å². The van der Waals surface area contributed by atoms with Crippen LogP contribution in [0, 0.1) is 17.0 Å². The molecule has 2 aromatic carbocycles. The van der Waals surface area contributed by atoms with Crippen molar-refractivity contribution in [3.05, 3.63) is 68.2 Å². The maximum absolute atomic E-state index is 12.9. The van der Waals surface area contributed by atoms with Gasteiger partial charge in [0.05, 0.1) is 16.2 Å². The Balaban J connectivity index is 1.79. The van der Waals surface area contributed by atoms with E-state index < -0.39 is 34.9 Å². The largest absolute Gasteiger partial charge is 0.325 e. The molecule has 0 bridgehead atoms. The first-order valence-electron chi connectivity index (χ1n) is 8.58. The second kappa shape index (κ2) is 7.63. The number of urea groups is 1. The summed E-state index contributed by atoms with van der Waals surface area (Å²) in [7, 11) is 0. The summed E-state index contributed by atoms with van der Waals surface area (Å²) in [4.78, 5) is 49.1. The molecule has 2 aromatic rings. The molecule has 1 saturated heterocycles. The first-order valence-corrected chi connectivity index (χ1v) is 9.37. The van der Waals surface area contributed by atoms with Crippen molar-refractivity contribution < 1.29 is 19.3 Å². The van der Waals surface area contributed by atoms with Gasteiger partial charge in [-0.25, -0.2) is 4.79 Å². The van der Waals surface area contributed by atoms with Gasteiger partial charge in [-0.2, -0.15) is 0 Å². The third-order valence-electron chi connectivity index (χ3n) is 4.77. The third kappa shape index (κ3) is 3.70. The molecular weight excluding hydrogens is 444 g/mol. The SMILES string of the molecule is Cc1c(NC(=O)CN2C(=O)NC(C)(c3ccccc3Br)C2=O)cccc1[N+](=O)[O-]. The number of nitrogens with zero attached hydrogens (tertiary/aromatic N) is 2. The van der Waals surface area contributed by atoms with E-state index in [0.717, 1.165) is 4.90 Å². The Hall–Kier alpha value is -3.27. The molecule has 2 N–H and O–H groups in total. The van der Waals surface area contributed by atoms with Crippen LogP contribution in [0.4, 0.5) is 16.2 Å². The molecule has 1 unspecified atom stereocenters. The lowest BCUT2D eigenvalue weighted by atomic mass is 9.92. The maximum atomic E-state index is 12.9. The van der Waals surface area contributed by atoms with E-state index in [2.05, 4.69) is 26.6 Å². The third-order valence-corrected chi connectivity index (χ3v) is 5.46. The predicted molar refractivity (Wildman–Crippen MR) is 108 cm³/mol. The van der Waals surface area contributed by atoms with Gasteiger partial charge in [-0.3, -0.25) is 24.6 Å². The maximum Gasteiger partial charge on any atom is 0.325 e. The number of amides is 4. The van der Waals surface area contributed by atoms with Gasteiger partial charge in [0.1, 0.15) is 12.1 Å². The normalized spacial score (nSPS) is 18.5. The number of nitro benzene ring substituents is 1. The van der Waals surface area contributed by atoms with Gasteiger partial charge >= 0.3 is 6.03 Å². The van der Waals surface area contributed by atoms with Crippen LogP contribution in [0.25, 0.3) is 0 Å². The number of imide groups is 1. The number of rotatable bonds is 5. The molecule has 9 nitrogen and oxygen atoms in total. The highest BCUT2D eigenvalue weighted by Crippen LogP contribution is 2.33. The molecule has 0 saturated carbocycles. The number of anilines is 1. The van der Waals surface area contributed by atoms with Crippen molar-refractivity contribution in [2.75, 3.05) is 11.9 Å². The lowest BCUT2D eigenvalue weighted by molar-refractivity contribution is -0.385. The van der Waals surface area contributed by atoms with Crippen LogP contribution in [0.5, 0.6) is 0 Å². The second-order valence-corrected chi connectivity index (χ2v) is 7.54. The molecule has 1 aliphatic heterocycles. The molecule has 1 atom stereocenters. The fraction of sp³-hybridized carbons (Fsp3) is 0.211. The van der Waals surface area contributed by atoms with Gasteiger partial charge in [-0.15, -0.1) is 0 Å². The molecule has 1 fully saturated rings. The number of hydrogen-bond acceptors (Lipinski definition) is 5. The summed E-state index contributed by atoms with van der Waals surface area (Å²) < 4.78 is 0.648. The van der Waals surface area contributed by atoms with Crippen LogP contribution in [0.3, 0.4) is 0 Å². The van der Waals surface area contributed by atoms with Crippen LogP contribution in [0.2, 0.25) is 0 Å². The number of nitrogens with one attached hydrogen (secondary N) is 2. The van der Waals surface area contributed by atoms with Crippen molar-refractivity contribution >= 4 is 45.2 Å². The molecule has 1 aliphatic rings. The van der Waals surface area contributed by atoms with Gasteiger partial charge < -0.3 is 10.6 Å². The minimum absolute atomic E-state index is 0.140. The fourth-order valence-corrected chi connectivity index (χ4v) is 3.86. The molecule has 1 heterocycles. The van der Waals surface area contributed by atoms with Crippen molar-refractivity contribution in [1.82, 2.24) is 10.2 Å². The number of carbonyl (C=O) groups excluding carboxylic acids is 3. The monoisotopic (exact) mass is 460 g/mol. The summed E-state index contributed by atoms with van der Waals surface area (Å²) in [6.07, 6.45) is 0. The van der Waals surface area contributed by atoms with Crippen LogP contribution < -0.4 is 10.6 Å². The molecule has 3 rings (SSSR count). The molecule has 0 aromatic heterocycles. The Kier molecular flexibility index (Phi) is 5.38. The lowest BCUT2D eigenvalue weighted by Crippen LogP contribution is -2.42. The van der Waals surface area contributed by atoms with Crippen molar-refractivity contribution in [3.8, 4) is 0 Å². The first kappa shape index (κ1) is 20.5. The standard InChI is InChI=1S/C19H17BrN4O5/c1-11-14(8-5-9-15(11)24(28)29)21-16(25)10-23-17(26)19(2,22-18(23)27)12-6-3-4-7-13(12)20/h3-9H,10H2,1-2H3,(H,21,25)(H,22,27).